The van der Waals surface area contributed by atoms with Crippen LogP contribution in [0.3, 0.4) is 0 Å². The molecule has 1 atom stereocenters. The van der Waals surface area contributed by atoms with E-state index < -0.39 is 29.6 Å². The molecule has 0 unspecified atom stereocenters. The van der Waals surface area contributed by atoms with E-state index in [9.17, 15) is 23.5 Å². The van der Waals surface area contributed by atoms with Gasteiger partial charge in [0.25, 0.3) is 5.91 Å². The van der Waals surface area contributed by atoms with Gasteiger partial charge >= 0.3 is 5.97 Å². The Labute approximate surface area is 156 Å². The van der Waals surface area contributed by atoms with Crippen LogP contribution < -0.4 is 5.32 Å². The molecular formula is C18H12ClF2NO3S. The van der Waals surface area contributed by atoms with Crippen LogP contribution in [-0.2, 0) is 11.2 Å². The van der Waals surface area contributed by atoms with E-state index >= 15 is 0 Å². The fraction of sp³-hybridized carbons (Fsp3) is 0.111. The predicted octanol–water partition coefficient (Wildman–Crippen LogP) is 4.26. The molecule has 8 heteroatoms. The summed E-state index contributed by atoms with van der Waals surface area (Å²) in [7, 11) is 0. The molecule has 0 bridgehead atoms. The number of carbonyl (C=O) groups is 2. The molecule has 0 saturated carbocycles. The average Bonchev–Trinajstić information content (AvgIpc) is 2.92. The van der Waals surface area contributed by atoms with Crippen molar-refractivity contribution in [3.63, 3.8) is 0 Å². The van der Waals surface area contributed by atoms with Crippen molar-refractivity contribution in [1.82, 2.24) is 5.32 Å². The minimum absolute atomic E-state index is 0.00554. The molecule has 0 aliphatic heterocycles. The molecule has 0 saturated heterocycles. The first-order valence-electron chi connectivity index (χ1n) is 7.51. The highest BCUT2D eigenvalue weighted by Gasteiger charge is 2.25. The van der Waals surface area contributed by atoms with E-state index in [2.05, 4.69) is 5.32 Å². The molecule has 0 aliphatic rings. The van der Waals surface area contributed by atoms with Crippen molar-refractivity contribution in [2.45, 2.75) is 12.5 Å². The number of nitrogens with one attached hydrogen (secondary N) is 1. The van der Waals surface area contributed by atoms with Gasteiger partial charge in [0.05, 0.1) is 5.02 Å². The van der Waals surface area contributed by atoms with Gasteiger partial charge in [-0.1, -0.05) is 41.9 Å². The SMILES string of the molecule is O=C(N[C@H](Cc1ccccc1)C(=O)O)c1sc2cc(F)c(F)cc2c1Cl. The highest BCUT2D eigenvalue weighted by atomic mass is 35.5. The molecule has 0 spiro atoms. The van der Waals surface area contributed by atoms with E-state index in [1.807, 2.05) is 0 Å². The third kappa shape index (κ3) is 3.68. The lowest BCUT2D eigenvalue weighted by Crippen LogP contribution is -2.42. The van der Waals surface area contributed by atoms with Crippen molar-refractivity contribution in [2.24, 2.45) is 0 Å². The second-order valence-electron chi connectivity index (χ2n) is 5.56. The van der Waals surface area contributed by atoms with Gasteiger partial charge in [-0.05, 0) is 17.7 Å². The minimum atomic E-state index is -1.20. The largest absolute Gasteiger partial charge is 0.480 e. The summed E-state index contributed by atoms with van der Waals surface area (Å²) in [6.07, 6.45) is 0.0910. The molecule has 134 valence electrons. The zero-order valence-corrected chi connectivity index (χ0v) is 14.7. The minimum Gasteiger partial charge on any atom is -0.480 e. The third-order valence-corrected chi connectivity index (χ3v) is 5.42. The molecule has 0 fully saturated rings. The first kappa shape index (κ1) is 18.3. The number of rotatable bonds is 5. The maximum absolute atomic E-state index is 13.4. The first-order valence-corrected chi connectivity index (χ1v) is 8.71. The highest BCUT2D eigenvalue weighted by molar-refractivity contribution is 7.21. The quantitative estimate of drug-likeness (QED) is 0.678. The van der Waals surface area contributed by atoms with E-state index in [0.717, 1.165) is 29.0 Å². The Balaban J connectivity index is 1.87. The summed E-state index contributed by atoms with van der Waals surface area (Å²) in [5.74, 6) is -4.02. The molecule has 4 nitrogen and oxygen atoms in total. The molecule has 3 aromatic rings. The summed E-state index contributed by atoms with van der Waals surface area (Å²) < 4.78 is 27.0. The zero-order chi connectivity index (χ0) is 18.8. The Hall–Kier alpha value is -2.51. The second kappa shape index (κ2) is 7.39. The lowest BCUT2D eigenvalue weighted by atomic mass is 10.1. The Bertz CT molecular complexity index is 991. The van der Waals surface area contributed by atoms with E-state index in [1.165, 1.54) is 0 Å². The lowest BCUT2D eigenvalue weighted by Gasteiger charge is -2.14. The van der Waals surface area contributed by atoms with Crippen LogP contribution in [0.1, 0.15) is 15.2 Å². The number of carboxylic acids is 1. The standard InChI is InChI=1S/C18H12ClF2NO3S/c19-15-10-7-11(20)12(21)8-14(10)26-16(15)17(23)22-13(18(24)25)6-9-4-2-1-3-5-9/h1-5,7-8,13H,6H2,(H,22,23)(H,24,25)/t13-/m1/s1. The van der Waals surface area contributed by atoms with Crippen molar-refractivity contribution in [3.05, 3.63) is 69.6 Å². The number of thiophene rings is 1. The Morgan fingerprint density at radius 2 is 1.81 bits per heavy atom. The molecule has 1 amide bonds. The number of amides is 1. The van der Waals surface area contributed by atoms with Crippen LogP contribution in [0.5, 0.6) is 0 Å². The molecule has 0 radical (unpaired) electrons. The maximum Gasteiger partial charge on any atom is 0.326 e. The van der Waals surface area contributed by atoms with E-state index in [0.29, 0.717) is 4.70 Å². The van der Waals surface area contributed by atoms with Crippen molar-refractivity contribution in [1.29, 1.82) is 0 Å². The van der Waals surface area contributed by atoms with Crippen LogP contribution in [0.2, 0.25) is 5.02 Å². The van der Waals surface area contributed by atoms with E-state index in [1.54, 1.807) is 30.3 Å². The van der Waals surface area contributed by atoms with Crippen molar-refractivity contribution in [2.75, 3.05) is 0 Å². The number of hydrogen-bond donors (Lipinski definition) is 2. The fourth-order valence-electron chi connectivity index (χ4n) is 2.48. The summed E-state index contributed by atoms with van der Waals surface area (Å²) in [5, 5.41) is 11.9. The fourth-order valence-corrected chi connectivity index (χ4v) is 3.90. The van der Waals surface area contributed by atoms with Gasteiger partial charge in [0.15, 0.2) is 11.6 Å². The number of carbonyl (C=O) groups excluding carboxylic acids is 1. The normalized spacial score (nSPS) is 12.1. The van der Waals surface area contributed by atoms with Gasteiger partial charge in [-0.2, -0.15) is 0 Å². The van der Waals surface area contributed by atoms with Crippen LogP contribution in [0.4, 0.5) is 8.78 Å². The number of aliphatic carboxylic acids is 1. The number of hydrogen-bond acceptors (Lipinski definition) is 3. The molecular weight excluding hydrogens is 384 g/mol. The highest BCUT2D eigenvalue weighted by Crippen LogP contribution is 2.36. The van der Waals surface area contributed by atoms with Gasteiger partial charge < -0.3 is 10.4 Å². The van der Waals surface area contributed by atoms with Crippen molar-refractivity contribution in [3.8, 4) is 0 Å². The molecule has 0 aliphatic carbocycles. The van der Waals surface area contributed by atoms with Gasteiger partial charge in [-0.25, -0.2) is 13.6 Å². The lowest BCUT2D eigenvalue weighted by molar-refractivity contribution is -0.139. The summed E-state index contributed by atoms with van der Waals surface area (Å²) in [5.41, 5.74) is 0.742. The second-order valence-corrected chi connectivity index (χ2v) is 6.99. The number of carboxylic acid groups (broad SMARTS) is 1. The Kier molecular flexibility index (Phi) is 5.20. The van der Waals surface area contributed by atoms with Gasteiger partial charge in [0.2, 0.25) is 0 Å². The molecule has 1 heterocycles. The Morgan fingerprint density at radius 3 is 2.46 bits per heavy atom. The van der Waals surface area contributed by atoms with Crippen molar-refractivity contribution >= 4 is 44.9 Å². The number of halogens is 3. The van der Waals surface area contributed by atoms with E-state index in [4.69, 9.17) is 11.6 Å². The van der Waals surface area contributed by atoms with Crippen LogP contribution in [-0.4, -0.2) is 23.0 Å². The van der Waals surface area contributed by atoms with Crippen molar-refractivity contribution < 1.29 is 23.5 Å². The molecule has 3 rings (SSSR count). The van der Waals surface area contributed by atoms with Crippen LogP contribution in [0.25, 0.3) is 10.1 Å². The monoisotopic (exact) mass is 395 g/mol. The van der Waals surface area contributed by atoms with Crippen LogP contribution in [0, 0.1) is 11.6 Å². The van der Waals surface area contributed by atoms with Gasteiger partial charge in [-0.15, -0.1) is 11.3 Å². The number of benzene rings is 2. The van der Waals surface area contributed by atoms with Gasteiger partial charge in [-0.3, -0.25) is 4.79 Å². The molecule has 26 heavy (non-hydrogen) atoms. The Morgan fingerprint density at radius 1 is 1.15 bits per heavy atom. The summed E-state index contributed by atoms with van der Waals surface area (Å²) in [4.78, 5) is 24.0. The first-order chi connectivity index (χ1) is 12.4. The van der Waals surface area contributed by atoms with E-state index in [-0.39, 0.29) is 21.7 Å². The number of fused-ring (bicyclic) bond motifs is 1. The summed E-state index contributed by atoms with van der Waals surface area (Å²) in [6, 6.07) is 9.53. The van der Waals surface area contributed by atoms with Crippen LogP contribution in [0.15, 0.2) is 42.5 Å². The average molecular weight is 396 g/mol. The summed E-state index contributed by atoms with van der Waals surface area (Å²) in [6.45, 7) is 0. The van der Waals surface area contributed by atoms with Gasteiger partial charge in [0, 0.05) is 16.5 Å². The zero-order valence-electron chi connectivity index (χ0n) is 13.1. The van der Waals surface area contributed by atoms with Crippen LogP contribution >= 0.6 is 22.9 Å². The maximum atomic E-state index is 13.4. The topological polar surface area (TPSA) is 66.4 Å². The molecule has 1 aromatic heterocycles. The smallest absolute Gasteiger partial charge is 0.326 e. The predicted molar refractivity (Wildman–Crippen MR) is 95.8 cm³/mol. The molecule has 2 aromatic carbocycles. The summed E-state index contributed by atoms with van der Waals surface area (Å²) >= 11 is 6.98. The third-order valence-electron chi connectivity index (χ3n) is 3.76. The van der Waals surface area contributed by atoms with Gasteiger partial charge in [0.1, 0.15) is 10.9 Å². The molecule has 2 N–H and O–H groups in total.